The summed E-state index contributed by atoms with van der Waals surface area (Å²) in [6.07, 6.45) is 0. The first-order valence-electron chi connectivity index (χ1n) is 19.3. The summed E-state index contributed by atoms with van der Waals surface area (Å²) in [6.45, 7) is 0. The fourth-order valence-corrected chi connectivity index (χ4v) is 8.23. The van der Waals surface area contributed by atoms with Crippen LogP contribution >= 0.6 is 0 Å². The molecule has 11 aromatic rings. The maximum atomic E-state index is 5.12. The Balaban J connectivity index is 1.05. The van der Waals surface area contributed by atoms with Crippen molar-refractivity contribution in [2.24, 2.45) is 0 Å². The molecule has 0 bridgehead atoms. The van der Waals surface area contributed by atoms with E-state index in [0.717, 1.165) is 44.6 Å². The van der Waals surface area contributed by atoms with E-state index in [1.807, 2.05) is 36.4 Å². The molecule has 0 unspecified atom stereocenters. The van der Waals surface area contributed by atoms with E-state index in [0.29, 0.717) is 17.5 Å². The van der Waals surface area contributed by atoms with Gasteiger partial charge in [-0.05, 0) is 86.3 Å². The van der Waals surface area contributed by atoms with Gasteiger partial charge in [-0.1, -0.05) is 164 Å². The highest BCUT2D eigenvalue weighted by Gasteiger charge is 2.18. The normalized spacial score (nSPS) is 11.5. The molecule has 0 fully saturated rings. The highest BCUT2D eigenvalue weighted by atomic mass is 15.0. The van der Waals surface area contributed by atoms with Crippen LogP contribution in [0.25, 0.3) is 105 Å². The minimum absolute atomic E-state index is 0.628. The van der Waals surface area contributed by atoms with Gasteiger partial charge in [-0.3, -0.25) is 0 Å². The highest BCUT2D eigenvalue weighted by Crippen LogP contribution is 2.40. The fourth-order valence-electron chi connectivity index (χ4n) is 8.23. The van der Waals surface area contributed by atoms with Crippen molar-refractivity contribution in [3.05, 3.63) is 206 Å². The van der Waals surface area contributed by atoms with Crippen molar-refractivity contribution >= 4 is 43.4 Å². The van der Waals surface area contributed by atoms with Crippen molar-refractivity contribution < 1.29 is 0 Å². The molecule has 57 heavy (non-hydrogen) atoms. The van der Waals surface area contributed by atoms with E-state index in [1.165, 1.54) is 43.4 Å². The molecule has 266 valence electrons. The van der Waals surface area contributed by atoms with Gasteiger partial charge in [0.2, 0.25) is 0 Å². The molecule has 2 heterocycles. The average Bonchev–Trinajstić information content (AvgIpc) is 3.62. The van der Waals surface area contributed by atoms with E-state index < -0.39 is 0 Å². The molecule has 0 spiro atoms. The predicted molar refractivity (Wildman–Crippen MR) is 236 cm³/mol. The second kappa shape index (κ2) is 13.6. The number of hydrogen-bond donors (Lipinski definition) is 0. The molecule has 0 saturated carbocycles. The summed E-state index contributed by atoms with van der Waals surface area (Å²) in [5, 5.41) is 7.49. The van der Waals surface area contributed by atoms with Crippen LogP contribution in [0.2, 0.25) is 0 Å². The first kappa shape index (κ1) is 32.7. The van der Waals surface area contributed by atoms with Crippen molar-refractivity contribution in [1.29, 1.82) is 0 Å². The Kier molecular flexibility index (Phi) is 7.78. The number of hydrogen-bond acceptors (Lipinski definition) is 3. The van der Waals surface area contributed by atoms with Crippen LogP contribution in [0, 0.1) is 0 Å². The molecule has 0 aliphatic carbocycles. The van der Waals surface area contributed by atoms with Crippen LogP contribution in [0.15, 0.2) is 206 Å². The van der Waals surface area contributed by atoms with E-state index in [9.17, 15) is 0 Å². The van der Waals surface area contributed by atoms with Gasteiger partial charge in [0.15, 0.2) is 17.5 Å². The zero-order valence-corrected chi connectivity index (χ0v) is 30.9. The number of benzene rings is 9. The van der Waals surface area contributed by atoms with Crippen molar-refractivity contribution in [3.63, 3.8) is 0 Å². The van der Waals surface area contributed by atoms with Crippen LogP contribution < -0.4 is 0 Å². The summed E-state index contributed by atoms with van der Waals surface area (Å²) in [5.41, 5.74) is 10.7. The Morgan fingerprint density at radius 2 is 0.772 bits per heavy atom. The zero-order chi connectivity index (χ0) is 37.7. The SMILES string of the molecule is c1ccc(-c2cccc(-c3nc(-c4ccccc4)nc(-c4cccc(-c5cccc(-n6c7cc8ccccc8cc7c7c8ccccc8ccc76)c5)c4)n3)c2)cc1. The summed E-state index contributed by atoms with van der Waals surface area (Å²) in [7, 11) is 0. The zero-order valence-electron chi connectivity index (χ0n) is 30.9. The van der Waals surface area contributed by atoms with Crippen molar-refractivity contribution in [1.82, 2.24) is 19.5 Å². The molecule has 9 aromatic carbocycles. The molecule has 0 atom stereocenters. The molecule has 0 aliphatic rings. The third kappa shape index (κ3) is 5.83. The van der Waals surface area contributed by atoms with E-state index in [4.69, 9.17) is 15.0 Å². The smallest absolute Gasteiger partial charge is 0.164 e. The van der Waals surface area contributed by atoms with Gasteiger partial charge < -0.3 is 4.57 Å². The van der Waals surface area contributed by atoms with Crippen LogP contribution in [0.1, 0.15) is 0 Å². The third-order valence-electron chi connectivity index (χ3n) is 11.0. The first-order valence-corrected chi connectivity index (χ1v) is 19.3. The Morgan fingerprint density at radius 3 is 1.46 bits per heavy atom. The highest BCUT2D eigenvalue weighted by molar-refractivity contribution is 6.23. The van der Waals surface area contributed by atoms with Crippen LogP contribution in [-0.2, 0) is 0 Å². The molecule has 4 nitrogen and oxygen atoms in total. The van der Waals surface area contributed by atoms with E-state index >= 15 is 0 Å². The molecule has 4 heteroatoms. The van der Waals surface area contributed by atoms with Crippen LogP contribution in [0.3, 0.4) is 0 Å². The first-order chi connectivity index (χ1) is 28.2. The quantitative estimate of drug-likeness (QED) is 0.171. The molecule has 0 N–H and O–H groups in total. The van der Waals surface area contributed by atoms with E-state index in [-0.39, 0.29) is 0 Å². The predicted octanol–water partition coefficient (Wildman–Crippen LogP) is 13.6. The van der Waals surface area contributed by atoms with Gasteiger partial charge in [-0.25, -0.2) is 15.0 Å². The lowest BCUT2D eigenvalue weighted by atomic mass is 10.0. The molecule has 0 amide bonds. The molecule has 2 aromatic heterocycles. The Hall–Kier alpha value is -7.69. The number of aromatic nitrogens is 4. The molecule has 0 aliphatic heterocycles. The van der Waals surface area contributed by atoms with Crippen molar-refractivity contribution in [2.45, 2.75) is 0 Å². The molecular formula is C53H34N4. The van der Waals surface area contributed by atoms with E-state index in [1.54, 1.807) is 0 Å². The van der Waals surface area contributed by atoms with E-state index in [2.05, 4.69) is 174 Å². The summed E-state index contributed by atoms with van der Waals surface area (Å²) >= 11 is 0. The largest absolute Gasteiger partial charge is 0.309 e. The van der Waals surface area contributed by atoms with Gasteiger partial charge in [0, 0.05) is 33.2 Å². The number of fused-ring (bicyclic) bond motifs is 6. The number of nitrogens with zero attached hydrogens (tertiary/aromatic N) is 4. The summed E-state index contributed by atoms with van der Waals surface area (Å²) in [5.74, 6) is 1.90. The molecule has 11 rings (SSSR count). The lowest BCUT2D eigenvalue weighted by molar-refractivity contribution is 1.07. The monoisotopic (exact) mass is 726 g/mol. The maximum Gasteiger partial charge on any atom is 0.164 e. The van der Waals surface area contributed by atoms with Gasteiger partial charge in [0.05, 0.1) is 11.0 Å². The van der Waals surface area contributed by atoms with Gasteiger partial charge in [-0.15, -0.1) is 0 Å². The lowest BCUT2D eigenvalue weighted by Gasteiger charge is -2.12. The van der Waals surface area contributed by atoms with Crippen LogP contribution in [0.4, 0.5) is 0 Å². The van der Waals surface area contributed by atoms with Crippen molar-refractivity contribution in [2.75, 3.05) is 0 Å². The Morgan fingerprint density at radius 1 is 0.281 bits per heavy atom. The van der Waals surface area contributed by atoms with Gasteiger partial charge in [0.25, 0.3) is 0 Å². The Bertz CT molecular complexity index is 3290. The maximum absolute atomic E-state index is 5.12. The summed E-state index contributed by atoms with van der Waals surface area (Å²) in [6, 6.07) is 72.9. The molecule has 0 radical (unpaired) electrons. The second-order valence-electron chi connectivity index (χ2n) is 14.5. The standard InChI is InChI=1S/C53H34N4/c1-3-14-35(15-4-1)38-21-11-24-43(30-38)52-54-51(37-17-5-2-6-18-37)55-53(56-52)44-25-12-22-39(31-44)40-23-13-26-45(32-40)57-48-29-28-36-16-9-10-27-46(36)50(48)47-33-41-19-7-8-20-42(41)34-49(47)57/h1-34H. The second-order valence-corrected chi connectivity index (χ2v) is 14.5. The summed E-state index contributed by atoms with van der Waals surface area (Å²) in [4.78, 5) is 15.2. The molecular weight excluding hydrogens is 693 g/mol. The number of rotatable bonds is 6. The van der Waals surface area contributed by atoms with Crippen LogP contribution in [0.5, 0.6) is 0 Å². The van der Waals surface area contributed by atoms with Gasteiger partial charge in [-0.2, -0.15) is 0 Å². The lowest BCUT2D eigenvalue weighted by Crippen LogP contribution is -2.00. The van der Waals surface area contributed by atoms with Gasteiger partial charge in [0.1, 0.15) is 0 Å². The Labute approximate surface area is 330 Å². The third-order valence-corrected chi connectivity index (χ3v) is 11.0. The fraction of sp³-hybridized carbons (Fsp3) is 0. The van der Waals surface area contributed by atoms with Crippen molar-refractivity contribution in [3.8, 4) is 62.1 Å². The summed E-state index contributed by atoms with van der Waals surface area (Å²) < 4.78 is 2.42. The molecule has 0 saturated heterocycles. The minimum atomic E-state index is 0.628. The van der Waals surface area contributed by atoms with Gasteiger partial charge >= 0.3 is 0 Å². The topological polar surface area (TPSA) is 43.6 Å². The average molecular weight is 727 g/mol. The van der Waals surface area contributed by atoms with Crippen LogP contribution in [-0.4, -0.2) is 19.5 Å². The minimum Gasteiger partial charge on any atom is -0.309 e.